The van der Waals surface area contributed by atoms with Crippen molar-refractivity contribution >= 4 is 50.3 Å². The quantitative estimate of drug-likeness (QED) is 0.405. The second-order valence-electron chi connectivity index (χ2n) is 8.01. The molecule has 31 heavy (non-hydrogen) atoms. The molecule has 1 aromatic heterocycles. The largest absolute Gasteiger partial charge is 0.375 e. The van der Waals surface area contributed by atoms with Crippen molar-refractivity contribution in [3.05, 3.63) is 82.7 Å². The molecular weight excluding hydrogens is 424 g/mol. The van der Waals surface area contributed by atoms with Crippen LogP contribution >= 0.6 is 22.9 Å². The van der Waals surface area contributed by atoms with Crippen molar-refractivity contribution in [1.82, 2.24) is 4.98 Å². The topological polar surface area (TPSA) is 45.4 Å². The molecule has 1 fully saturated rings. The highest BCUT2D eigenvalue weighted by Crippen LogP contribution is 2.42. The fourth-order valence-electron chi connectivity index (χ4n) is 4.87. The highest BCUT2D eigenvalue weighted by Gasteiger charge is 2.43. The summed E-state index contributed by atoms with van der Waals surface area (Å²) >= 11 is 7.76. The van der Waals surface area contributed by atoms with Crippen LogP contribution in [-0.4, -0.2) is 24.6 Å². The number of rotatable bonds is 4. The van der Waals surface area contributed by atoms with Crippen LogP contribution in [0.3, 0.4) is 0 Å². The van der Waals surface area contributed by atoms with Crippen LogP contribution in [0, 0.1) is 0 Å². The molecule has 0 spiro atoms. The standard InChI is InChI=1S/C25H25ClN4S/c1-2-25(19-8-4-3-5-9-19)17-29(13-14-30(25)23-16-31-24(27)28-23)22-10-6-7-18-15-20(26)11-12-21(18)22/h3-12,15-16H,2,13-14,17H2,1H3,(H2,27,28). The smallest absolute Gasteiger partial charge is 0.182 e. The Bertz CT molecular complexity index is 1210. The predicted molar refractivity (Wildman–Crippen MR) is 133 cm³/mol. The number of benzene rings is 3. The third-order valence-corrected chi connectivity index (χ3v) is 7.30. The molecular formula is C25H25ClN4S. The van der Waals surface area contributed by atoms with E-state index in [1.807, 2.05) is 12.1 Å². The third kappa shape index (κ3) is 3.52. The molecule has 0 bridgehead atoms. The molecule has 0 amide bonds. The first-order valence-electron chi connectivity index (χ1n) is 10.6. The average molecular weight is 449 g/mol. The van der Waals surface area contributed by atoms with Crippen molar-refractivity contribution in [1.29, 1.82) is 0 Å². The summed E-state index contributed by atoms with van der Waals surface area (Å²) in [4.78, 5) is 9.61. The molecule has 6 heteroatoms. The molecule has 5 rings (SSSR count). The summed E-state index contributed by atoms with van der Waals surface area (Å²) in [6.45, 7) is 4.92. The van der Waals surface area contributed by atoms with Gasteiger partial charge in [0.15, 0.2) is 5.13 Å². The van der Waals surface area contributed by atoms with Crippen LogP contribution in [0.15, 0.2) is 72.1 Å². The zero-order valence-corrected chi connectivity index (χ0v) is 19.0. The third-order valence-electron chi connectivity index (χ3n) is 6.41. The van der Waals surface area contributed by atoms with E-state index in [1.54, 1.807) is 0 Å². The number of halogens is 1. The summed E-state index contributed by atoms with van der Waals surface area (Å²) in [6.07, 6.45) is 0.960. The van der Waals surface area contributed by atoms with Gasteiger partial charge in [-0.2, -0.15) is 0 Å². The molecule has 0 aliphatic carbocycles. The van der Waals surface area contributed by atoms with Gasteiger partial charge in [-0.05, 0) is 35.6 Å². The summed E-state index contributed by atoms with van der Waals surface area (Å²) < 4.78 is 0. The Morgan fingerprint density at radius 2 is 1.90 bits per heavy atom. The number of aromatic nitrogens is 1. The monoisotopic (exact) mass is 448 g/mol. The number of hydrogen-bond donors (Lipinski definition) is 1. The van der Waals surface area contributed by atoms with Gasteiger partial charge in [0.05, 0.1) is 5.54 Å². The molecule has 1 aliphatic rings. The maximum absolute atomic E-state index is 6.26. The first-order chi connectivity index (χ1) is 15.1. The van der Waals surface area contributed by atoms with Gasteiger partial charge >= 0.3 is 0 Å². The van der Waals surface area contributed by atoms with Crippen molar-refractivity contribution in [3.63, 3.8) is 0 Å². The van der Waals surface area contributed by atoms with E-state index in [1.165, 1.54) is 33.4 Å². The molecule has 3 aromatic carbocycles. The number of hydrogen-bond acceptors (Lipinski definition) is 5. The summed E-state index contributed by atoms with van der Waals surface area (Å²) in [5, 5.41) is 5.86. The minimum absolute atomic E-state index is 0.200. The van der Waals surface area contributed by atoms with Crippen LogP contribution in [0.2, 0.25) is 5.02 Å². The molecule has 2 heterocycles. The first-order valence-corrected chi connectivity index (χ1v) is 11.8. The fourth-order valence-corrected chi connectivity index (χ4v) is 5.61. The van der Waals surface area contributed by atoms with Gasteiger partial charge in [0, 0.05) is 41.1 Å². The molecule has 158 valence electrons. The van der Waals surface area contributed by atoms with E-state index in [2.05, 4.69) is 81.7 Å². The molecule has 4 aromatic rings. The van der Waals surface area contributed by atoms with E-state index >= 15 is 0 Å². The van der Waals surface area contributed by atoms with Gasteiger partial charge in [-0.15, -0.1) is 11.3 Å². The molecule has 0 radical (unpaired) electrons. The number of anilines is 3. The average Bonchev–Trinajstić information content (AvgIpc) is 3.24. The Morgan fingerprint density at radius 3 is 2.65 bits per heavy atom. The lowest BCUT2D eigenvalue weighted by molar-refractivity contribution is 0.349. The van der Waals surface area contributed by atoms with E-state index in [0.717, 1.165) is 36.9 Å². The molecule has 1 atom stereocenters. The molecule has 1 unspecified atom stereocenters. The Labute approximate surface area is 191 Å². The SMILES string of the molecule is CCC1(c2ccccc2)CN(c2cccc3cc(Cl)ccc23)CCN1c1csc(N)n1. The van der Waals surface area contributed by atoms with Gasteiger partial charge < -0.3 is 15.5 Å². The normalized spacial score (nSPS) is 19.2. The lowest BCUT2D eigenvalue weighted by Gasteiger charge is -2.52. The molecule has 1 aliphatic heterocycles. The molecule has 2 N–H and O–H groups in total. The van der Waals surface area contributed by atoms with Crippen molar-refractivity contribution in [2.24, 2.45) is 0 Å². The second kappa shape index (κ2) is 8.06. The summed E-state index contributed by atoms with van der Waals surface area (Å²) in [5.41, 5.74) is 8.36. The lowest BCUT2D eigenvalue weighted by Crippen LogP contribution is -2.60. The van der Waals surface area contributed by atoms with Crippen LogP contribution in [0.1, 0.15) is 18.9 Å². The summed E-state index contributed by atoms with van der Waals surface area (Å²) in [5.74, 6) is 0.970. The zero-order chi connectivity index (χ0) is 21.4. The molecule has 1 saturated heterocycles. The van der Waals surface area contributed by atoms with Crippen molar-refractivity contribution in [2.75, 3.05) is 35.2 Å². The second-order valence-corrected chi connectivity index (χ2v) is 9.34. The Hall–Kier alpha value is -2.76. The highest BCUT2D eigenvalue weighted by molar-refractivity contribution is 7.13. The number of nitrogens with zero attached hydrogens (tertiary/aromatic N) is 3. The first kappa shape index (κ1) is 20.2. The fraction of sp³-hybridized carbons (Fsp3) is 0.240. The van der Waals surface area contributed by atoms with Gasteiger partial charge in [0.1, 0.15) is 5.82 Å². The summed E-state index contributed by atoms with van der Waals surface area (Å²) in [7, 11) is 0. The summed E-state index contributed by atoms with van der Waals surface area (Å²) in [6, 6.07) is 23.4. The van der Waals surface area contributed by atoms with Crippen molar-refractivity contribution < 1.29 is 0 Å². The minimum Gasteiger partial charge on any atom is -0.375 e. The van der Waals surface area contributed by atoms with Crippen LogP contribution in [0.5, 0.6) is 0 Å². The Balaban J connectivity index is 1.62. The number of thiazole rings is 1. The number of fused-ring (bicyclic) bond motifs is 1. The number of nitrogen functional groups attached to an aromatic ring is 1. The number of nitrogens with two attached hydrogens (primary N) is 1. The maximum Gasteiger partial charge on any atom is 0.182 e. The molecule has 0 saturated carbocycles. The molecule has 4 nitrogen and oxygen atoms in total. The Kier molecular flexibility index (Phi) is 5.24. The van der Waals surface area contributed by atoms with Gasteiger partial charge in [-0.3, -0.25) is 0 Å². The highest BCUT2D eigenvalue weighted by atomic mass is 35.5. The van der Waals surface area contributed by atoms with Crippen LogP contribution in [0.25, 0.3) is 10.8 Å². The van der Waals surface area contributed by atoms with E-state index < -0.39 is 0 Å². The van der Waals surface area contributed by atoms with Crippen LogP contribution < -0.4 is 15.5 Å². The predicted octanol–water partition coefficient (Wildman–Crippen LogP) is 6.16. The van der Waals surface area contributed by atoms with E-state index in [4.69, 9.17) is 17.3 Å². The van der Waals surface area contributed by atoms with Crippen LogP contribution in [-0.2, 0) is 5.54 Å². The van der Waals surface area contributed by atoms with Crippen molar-refractivity contribution in [3.8, 4) is 0 Å². The van der Waals surface area contributed by atoms with E-state index in [-0.39, 0.29) is 5.54 Å². The maximum atomic E-state index is 6.26. The zero-order valence-electron chi connectivity index (χ0n) is 17.5. The Morgan fingerprint density at radius 1 is 1.06 bits per heavy atom. The van der Waals surface area contributed by atoms with Crippen LogP contribution in [0.4, 0.5) is 16.6 Å². The lowest BCUT2D eigenvalue weighted by atomic mass is 9.82. The van der Waals surface area contributed by atoms with Gasteiger partial charge in [0.2, 0.25) is 0 Å². The van der Waals surface area contributed by atoms with Gasteiger partial charge in [-0.25, -0.2) is 4.98 Å². The number of piperazine rings is 1. The van der Waals surface area contributed by atoms with E-state index in [0.29, 0.717) is 5.13 Å². The van der Waals surface area contributed by atoms with Gasteiger partial charge in [-0.1, -0.05) is 67.1 Å². The minimum atomic E-state index is -0.200. The van der Waals surface area contributed by atoms with Crippen molar-refractivity contribution in [2.45, 2.75) is 18.9 Å². The van der Waals surface area contributed by atoms with E-state index in [9.17, 15) is 0 Å². The van der Waals surface area contributed by atoms with Gasteiger partial charge in [0.25, 0.3) is 0 Å².